The highest BCUT2D eigenvalue weighted by atomic mass is 16.3. The van der Waals surface area contributed by atoms with Gasteiger partial charge in [0.15, 0.2) is 0 Å². The third-order valence-corrected chi connectivity index (χ3v) is 3.35. The van der Waals surface area contributed by atoms with E-state index in [1.807, 2.05) is 18.2 Å². The van der Waals surface area contributed by atoms with Gasteiger partial charge >= 0.3 is 0 Å². The van der Waals surface area contributed by atoms with Gasteiger partial charge in [-0.3, -0.25) is 0 Å². The Balaban J connectivity index is 2.24. The number of nitrogens with two attached hydrogens (primary N) is 1. The van der Waals surface area contributed by atoms with Gasteiger partial charge in [-0.05, 0) is 45.3 Å². The van der Waals surface area contributed by atoms with E-state index < -0.39 is 0 Å². The molecule has 0 heterocycles. The molecule has 0 aliphatic carbocycles. The second-order valence-electron chi connectivity index (χ2n) is 4.60. The van der Waals surface area contributed by atoms with Crippen LogP contribution < -0.4 is 5.73 Å². The van der Waals surface area contributed by atoms with Gasteiger partial charge in [0.2, 0.25) is 0 Å². The standard InChI is InChI=1S/C16H15NO/c17-16(10-18)14-6-5-13-7-11-3-1-2-4-12(11)8-15(13)9-14/h1-9,16,18H,10,17H2/t16-/m1/s1. The summed E-state index contributed by atoms with van der Waals surface area (Å²) in [4.78, 5) is 0. The summed E-state index contributed by atoms with van der Waals surface area (Å²) in [7, 11) is 0. The van der Waals surface area contributed by atoms with Crippen molar-refractivity contribution < 1.29 is 5.11 Å². The van der Waals surface area contributed by atoms with Gasteiger partial charge in [-0.25, -0.2) is 0 Å². The maximum Gasteiger partial charge on any atom is 0.0624 e. The summed E-state index contributed by atoms with van der Waals surface area (Å²) < 4.78 is 0. The summed E-state index contributed by atoms with van der Waals surface area (Å²) in [5.41, 5.74) is 6.82. The topological polar surface area (TPSA) is 46.2 Å². The fourth-order valence-corrected chi connectivity index (χ4v) is 2.29. The highest BCUT2D eigenvalue weighted by molar-refractivity contribution is 5.98. The van der Waals surface area contributed by atoms with Gasteiger partial charge < -0.3 is 10.8 Å². The van der Waals surface area contributed by atoms with E-state index in [9.17, 15) is 0 Å². The minimum atomic E-state index is -0.305. The lowest BCUT2D eigenvalue weighted by molar-refractivity contribution is 0.268. The molecule has 2 heteroatoms. The van der Waals surface area contributed by atoms with Crippen LogP contribution in [0.5, 0.6) is 0 Å². The van der Waals surface area contributed by atoms with Crippen LogP contribution in [0.15, 0.2) is 54.6 Å². The van der Waals surface area contributed by atoms with Gasteiger partial charge in [0.1, 0.15) is 0 Å². The van der Waals surface area contributed by atoms with Crippen molar-refractivity contribution in [3.63, 3.8) is 0 Å². The molecular weight excluding hydrogens is 222 g/mol. The van der Waals surface area contributed by atoms with E-state index >= 15 is 0 Å². The lowest BCUT2D eigenvalue weighted by atomic mass is 9.99. The average Bonchev–Trinajstić information content (AvgIpc) is 2.43. The molecule has 3 rings (SSSR count). The smallest absolute Gasteiger partial charge is 0.0624 e. The quantitative estimate of drug-likeness (QED) is 0.673. The number of hydrogen-bond acceptors (Lipinski definition) is 2. The minimum absolute atomic E-state index is 0.0287. The van der Waals surface area contributed by atoms with Crippen molar-refractivity contribution in [2.24, 2.45) is 5.73 Å². The average molecular weight is 237 g/mol. The summed E-state index contributed by atoms with van der Waals surface area (Å²) in [6.07, 6.45) is 0. The molecule has 0 unspecified atom stereocenters. The van der Waals surface area contributed by atoms with Crippen molar-refractivity contribution in [2.45, 2.75) is 6.04 Å². The van der Waals surface area contributed by atoms with Gasteiger partial charge in [-0.2, -0.15) is 0 Å². The second-order valence-corrected chi connectivity index (χ2v) is 4.60. The van der Waals surface area contributed by atoms with Crippen molar-refractivity contribution in [1.29, 1.82) is 0 Å². The Morgan fingerprint density at radius 1 is 0.833 bits per heavy atom. The van der Waals surface area contributed by atoms with E-state index in [0.29, 0.717) is 0 Å². The zero-order valence-electron chi connectivity index (χ0n) is 10.0. The molecule has 0 radical (unpaired) electrons. The van der Waals surface area contributed by atoms with Gasteiger partial charge in [0.05, 0.1) is 12.6 Å². The molecule has 0 aliphatic heterocycles. The number of benzene rings is 3. The molecule has 0 spiro atoms. The normalized spacial score (nSPS) is 13.0. The molecule has 3 aromatic rings. The summed E-state index contributed by atoms with van der Waals surface area (Å²) in [6, 6.07) is 18.4. The number of aliphatic hydroxyl groups excluding tert-OH is 1. The molecule has 90 valence electrons. The summed E-state index contributed by atoms with van der Waals surface area (Å²) in [5, 5.41) is 13.9. The lowest BCUT2D eigenvalue weighted by Crippen LogP contribution is -2.14. The summed E-state index contributed by atoms with van der Waals surface area (Å²) in [6.45, 7) is -0.0287. The number of hydrogen-bond donors (Lipinski definition) is 2. The SMILES string of the molecule is N[C@H](CO)c1ccc2cc3ccccc3cc2c1. The van der Waals surface area contributed by atoms with Crippen LogP contribution in [-0.2, 0) is 0 Å². The maximum atomic E-state index is 9.11. The summed E-state index contributed by atoms with van der Waals surface area (Å²) >= 11 is 0. The van der Waals surface area contributed by atoms with Crippen molar-refractivity contribution in [2.75, 3.05) is 6.61 Å². The van der Waals surface area contributed by atoms with Crippen molar-refractivity contribution in [3.8, 4) is 0 Å². The number of rotatable bonds is 2. The largest absolute Gasteiger partial charge is 0.394 e. The Bertz CT molecular complexity index is 706. The first-order chi connectivity index (χ1) is 8.78. The van der Waals surface area contributed by atoms with Crippen LogP contribution in [0.3, 0.4) is 0 Å². The number of aliphatic hydroxyl groups is 1. The lowest BCUT2D eigenvalue weighted by Gasteiger charge is -2.10. The van der Waals surface area contributed by atoms with Gasteiger partial charge in [0.25, 0.3) is 0 Å². The summed E-state index contributed by atoms with van der Waals surface area (Å²) in [5.74, 6) is 0. The van der Waals surface area contributed by atoms with Gasteiger partial charge in [-0.15, -0.1) is 0 Å². The molecule has 0 aromatic heterocycles. The highest BCUT2D eigenvalue weighted by Gasteiger charge is 2.05. The predicted molar refractivity (Wildman–Crippen MR) is 75.5 cm³/mol. The molecule has 1 atom stereocenters. The fraction of sp³-hybridized carbons (Fsp3) is 0.125. The maximum absolute atomic E-state index is 9.11. The molecule has 3 N–H and O–H groups in total. The zero-order valence-corrected chi connectivity index (χ0v) is 10.0. The van der Waals surface area contributed by atoms with Crippen LogP contribution in [-0.4, -0.2) is 11.7 Å². The van der Waals surface area contributed by atoms with Crippen LogP contribution in [0.4, 0.5) is 0 Å². The van der Waals surface area contributed by atoms with Crippen LogP contribution in [0, 0.1) is 0 Å². The molecule has 0 saturated heterocycles. The van der Waals surface area contributed by atoms with Gasteiger partial charge in [-0.1, -0.05) is 36.4 Å². The van der Waals surface area contributed by atoms with Crippen molar-refractivity contribution in [1.82, 2.24) is 0 Å². The van der Waals surface area contributed by atoms with Crippen molar-refractivity contribution >= 4 is 21.5 Å². The molecule has 0 amide bonds. The van der Waals surface area contributed by atoms with E-state index in [1.54, 1.807) is 0 Å². The Hall–Kier alpha value is -1.90. The van der Waals surface area contributed by atoms with Crippen LogP contribution in [0.2, 0.25) is 0 Å². The molecule has 18 heavy (non-hydrogen) atoms. The number of fused-ring (bicyclic) bond motifs is 2. The third kappa shape index (κ3) is 1.86. The molecule has 0 bridgehead atoms. The Morgan fingerprint density at radius 3 is 2.11 bits per heavy atom. The fourth-order valence-electron chi connectivity index (χ4n) is 2.29. The first-order valence-electron chi connectivity index (χ1n) is 6.07. The Labute approximate surface area is 106 Å². The Morgan fingerprint density at radius 2 is 1.44 bits per heavy atom. The van der Waals surface area contributed by atoms with Gasteiger partial charge in [0, 0.05) is 0 Å². The predicted octanol–water partition coefficient (Wildman–Crippen LogP) is 2.99. The first-order valence-corrected chi connectivity index (χ1v) is 6.07. The molecule has 0 aliphatic rings. The Kier molecular flexibility index (Phi) is 2.74. The molecule has 2 nitrogen and oxygen atoms in total. The van der Waals surface area contributed by atoms with Crippen LogP contribution in [0.1, 0.15) is 11.6 Å². The molecule has 0 saturated carbocycles. The zero-order chi connectivity index (χ0) is 12.5. The van der Waals surface area contributed by atoms with Crippen LogP contribution >= 0.6 is 0 Å². The molecule has 3 aromatic carbocycles. The third-order valence-electron chi connectivity index (χ3n) is 3.35. The highest BCUT2D eigenvalue weighted by Crippen LogP contribution is 2.25. The van der Waals surface area contributed by atoms with E-state index in [2.05, 4.69) is 36.4 Å². The molecule has 0 fully saturated rings. The molecular formula is C16H15NO. The first kappa shape index (κ1) is 11.2. The van der Waals surface area contributed by atoms with Crippen LogP contribution in [0.25, 0.3) is 21.5 Å². The minimum Gasteiger partial charge on any atom is -0.394 e. The van der Waals surface area contributed by atoms with E-state index in [-0.39, 0.29) is 12.6 Å². The second kappa shape index (κ2) is 4.41. The van der Waals surface area contributed by atoms with E-state index in [1.165, 1.54) is 16.2 Å². The van der Waals surface area contributed by atoms with E-state index in [4.69, 9.17) is 10.8 Å². The monoisotopic (exact) mass is 237 g/mol. The van der Waals surface area contributed by atoms with Crippen molar-refractivity contribution in [3.05, 3.63) is 60.2 Å². The van der Waals surface area contributed by atoms with E-state index in [0.717, 1.165) is 10.9 Å².